The number of hydrogen-bond acceptors (Lipinski definition) is 1. The summed E-state index contributed by atoms with van der Waals surface area (Å²) in [5, 5.41) is 5.46. The second kappa shape index (κ2) is 24.6. The molecule has 0 heterocycles. The van der Waals surface area contributed by atoms with E-state index < -0.39 is 5.91 Å². The molecule has 194 valence electrons. The Balaban J connectivity index is 0. The molecule has 0 bridgehead atoms. The van der Waals surface area contributed by atoms with Gasteiger partial charge in [-0.2, -0.15) is 17.5 Å². The maximum Gasteiger partial charge on any atom is 4.00 e. The minimum absolute atomic E-state index is 0. The van der Waals surface area contributed by atoms with Crippen LogP contribution < -0.4 is 35.2 Å². The molecule has 4 aromatic rings. The van der Waals surface area contributed by atoms with Gasteiger partial charge in [0.15, 0.2) is 0 Å². The molecular formula is C31H37Cl2NOSiTi. The molecule has 0 aliphatic rings. The van der Waals surface area contributed by atoms with Crippen LogP contribution in [-0.4, -0.2) is 15.4 Å². The van der Waals surface area contributed by atoms with E-state index in [1.807, 2.05) is 0 Å². The normalized spacial score (nSPS) is 9.22. The van der Waals surface area contributed by atoms with Gasteiger partial charge in [-0.25, -0.2) is 0 Å². The topological polar surface area (TPSA) is 40.9 Å². The fourth-order valence-corrected chi connectivity index (χ4v) is 4.57. The van der Waals surface area contributed by atoms with Crippen LogP contribution in [0, 0.1) is 0 Å². The number of carbonyl (C=O) groups excluding carboxylic acids is 1. The van der Waals surface area contributed by atoms with Gasteiger partial charge < -0.3 is 35.3 Å². The first-order valence-corrected chi connectivity index (χ1v) is 13.4. The van der Waals surface area contributed by atoms with Gasteiger partial charge in [0.25, 0.3) is 0 Å². The largest absolute Gasteiger partial charge is 4.00 e. The van der Waals surface area contributed by atoms with Gasteiger partial charge in [0.2, 0.25) is 0 Å². The number of halogens is 2. The van der Waals surface area contributed by atoms with Crippen LogP contribution in [0.4, 0.5) is 0 Å². The van der Waals surface area contributed by atoms with Crippen molar-refractivity contribution < 1.29 is 51.3 Å². The van der Waals surface area contributed by atoms with E-state index in [0.717, 1.165) is 22.4 Å². The number of nitrogens with one attached hydrogen (secondary N) is 1. The Morgan fingerprint density at radius 1 is 0.703 bits per heavy atom. The first-order valence-electron chi connectivity index (χ1n) is 12.4. The Morgan fingerprint density at radius 2 is 1.19 bits per heavy atom. The van der Waals surface area contributed by atoms with Crippen LogP contribution in [0.5, 0.6) is 0 Å². The van der Waals surface area contributed by atoms with Gasteiger partial charge >= 0.3 is 21.7 Å². The van der Waals surface area contributed by atoms with Gasteiger partial charge in [0.1, 0.15) is 9.52 Å². The first kappa shape index (κ1) is 37.4. The standard InChI is InChI=1S/C12H10Si.C10H21NO.C9H7.2ClH.Ti/c1-3-7-11(8-4-1)13-12-9-5-2-6-10-12;1-2-3-4-5-6-7-8-9-10(11)12;1-2-5-9-7-3-6-8(9)4-1;;;/h1-10H;2-9H2,1H3,(H2,11,12);1-7H;2*1H;/q;;-1;;;+4/p-3. The van der Waals surface area contributed by atoms with E-state index in [0.29, 0.717) is 6.42 Å². The zero-order valence-corrected chi connectivity index (χ0v) is 25.7. The molecule has 0 atom stereocenters. The van der Waals surface area contributed by atoms with Crippen molar-refractivity contribution in [3.05, 3.63) is 109 Å². The van der Waals surface area contributed by atoms with E-state index in [1.54, 1.807) is 0 Å². The summed E-state index contributed by atoms with van der Waals surface area (Å²) in [5.41, 5.74) is 6.69. The fraction of sp³-hybridized carbons (Fsp3) is 0.290. The van der Waals surface area contributed by atoms with Gasteiger partial charge in [-0.05, 0) is 12.8 Å². The SMILES string of the molecule is CCCCCCCCCC([NH-])=O.[Cl-].[Cl-].[Ti+4].c1ccc([Si]c2ccccc2)cc1.c1ccc2[cH-]ccc2c1. The predicted molar refractivity (Wildman–Crippen MR) is 149 cm³/mol. The molecule has 0 aromatic heterocycles. The van der Waals surface area contributed by atoms with Crippen LogP contribution in [0.25, 0.3) is 16.5 Å². The second-order valence-electron chi connectivity index (χ2n) is 8.31. The van der Waals surface area contributed by atoms with Crippen molar-refractivity contribution in [3.8, 4) is 0 Å². The number of rotatable bonds is 10. The number of hydrogen-bond donors (Lipinski definition) is 0. The van der Waals surface area contributed by atoms with Crippen LogP contribution in [0.1, 0.15) is 58.3 Å². The van der Waals surface area contributed by atoms with Crippen LogP contribution in [0.2, 0.25) is 0 Å². The molecule has 2 nitrogen and oxygen atoms in total. The Kier molecular flexibility index (Phi) is 24.8. The van der Waals surface area contributed by atoms with E-state index in [-0.39, 0.29) is 46.5 Å². The molecule has 0 aliphatic carbocycles. The fourth-order valence-electron chi connectivity index (χ4n) is 3.52. The van der Waals surface area contributed by atoms with Crippen molar-refractivity contribution in [1.29, 1.82) is 0 Å². The minimum Gasteiger partial charge on any atom is -1.00 e. The molecule has 2 radical (unpaired) electrons. The molecular weight excluding hydrogens is 549 g/mol. The van der Waals surface area contributed by atoms with E-state index in [1.165, 1.54) is 53.3 Å². The molecule has 0 aliphatic heterocycles. The summed E-state index contributed by atoms with van der Waals surface area (Å²) in [4.78, 5) is 10.2. The quantitative estimate of drug-likeness (QED) is 0.158. The summed E-state index contributed by atoms with van der Waals surface area (Å²) >= 11 is 0. The van der Waals surface area contributed by atoms with Crippen molar-refractivity contribution in [2.75, 3.05) is 0 Å². The average molecular weight is 587 g/mol. The third-order valence-corrected chi connectivity index (χ3v) is 6.64. The van der Waals surface area contributed by atoms with E-state index in [2.05, 4.69) is 110 Å². The molecule has 1 N–H and O–H groups in total. The summed E-state index contributed by atoms with van der Waals surface area (Å²) in [7, 11) is 0.777. The molecule has 4 aromatic carbocycles. The summed E-state index contributed by atoms with van der Waals surface area (Å²) in [6, 6.07) is 35.8. The van der Waals surface area contributed by atoms with Crippen molar-refractivity contribution >= 4 is 36.6 Å². The average Bonchev–Trinajstić information content (AvgIpc) is 3.35. The van der Waals surface area contributed by atoms with Crippen LogP contribution >= 0.6 is 0 Å². The molecule has 0 saturated carbocycles. The molecule has 1 amide bonds. The second-order valence-corrected chi connectivity index (χ2v) is 9.71. The van der Waals surface area contributed by atoms with Crippen molar-refractivity contribution in [3.63, 3.8) is 0 Å². The molecule has 4 rings (SSSR count). The number of benzene rings is 3. The minimum atomic E-state index is -0.413. The summed E-state index contributed by atoms with van der Waals surface area (Å²) in [6.07, 6.45) is 8.94. The third-order valence-electron chi connectivity index (χ3n) is 5.39. The van der Waals surface area contributed by atoms with Crippen LogP contribution in [0.3, 0.4) is 0 Å². The third kappa shape index (κ3) is 18.2. The zero-order chi connectivity index (χ0) is 24.3. The molecule has 37 heavy (non-hydrogen) atoms. The Hall–Kier alpha value is -1.75. The van der Waals surface area contributed by atoms with Crippen LogP contribution in [0.15, 0.2) is 103 Å². The molecule has 0 saturated heterocycles. The molecule has 0 unspecified atom stereocenters. The number of fused-ring (bicyclic) bond motifs is 1. The van der Waals surface area contributed by atoms with E-state index in [9.17, 15) is 4.79 Å². The maximum atomic E-state index is 10.2. The maximum absolute atomic E-state index is 10.2. The molecule has 0 fully saturated rings. The summed E-state index contributed by atoms with van der Waals surface area (Å²) in [5.74, 6) is -0.413. The van der Waals surface area contributed by atoms with Crippen molar-refractivity contribution in [2.24, 2.45) is 0 Å². The first-order chi connectivity index (χ1) is 16.7. The van der Waals surface area contributed by atoms with Gasteiger partial charge in [0, 0.05) is 5.91 Å². The van der Waals surface area contributed by atoms with E-state index in [4.69, 9.17) is 5.73 Å². The molecule has 0 spiro atoms. The monoisotopic (exact) mass is 585 g/mol. The van der Waals surface area contributed by atoms with Gasteiger partial charge in [0.05, 0.1) is 0 Å². The number of carbonyl (C=O) groups is 1. The predicted octanol–water partition coefficient (Wildman–Crippen LogP) is 1.61. The van der Waals surface area contributed by atoms with Gasteiger partial charge in [-0.15, -0.1) is 29.7 Å². The van der Waals surface area contributed by atoms with Crippen LogP contribution in [-0.2, 0) is 26.5 Å². The van der Waals surface area contributed by atoms with Gasteiger partial charge in [-0.1, -0.05) is 123 Å². The molecule has 6 heteroatoms. The summed E-state index contributed by atoms with van der Waals surface area (Å²) in [6.45, 7) is 2.21. The zero-order valence-electron chi connectivity index (χ0n) is 21.6. The van der Waals surface area contributed by atoms with Gasteiger partial charge in [-0.3, -0.25) is 0 Å². The van der Waals surface area contributed by atoms with E-state index >= 15 is 0 Å². The Morgan fingerprint density at radius 3 is 1.70 bits per heavy atom. The van der Waals surface area contributed by atoms with Crippen molar-refractivity contribution in [2.45, 2.75) is 58.3 Å². The smallest absolute Gasteiger partial charge is 1.00 e. The number of unbranched alkanes of at least 4 members (excludes halogenated alkanes) is 6. The van der Waals surface area contributed by atoms with Crippen molar-refractivity contribution in [1.82, 2.24) is 0 Å². The summed E-state index contributed by atoms with van der Waals surface area (Å²) < 4.78 is 0. The number of amides is 1. The Bertz CT molecular complexity index is 977. The Labute approximate surface area is 253 Å².